The minimum atomic E-state index is -0.421. The van der Waals surface area contributed by atoms with Gasteiger partial charge in [-0.25, -0.2) is 4.99 Å². The summed E-state index contributed by atoms with van der Waals surface area (Å²) in [5.41, 5.74) is 2.56. The number of halogens is 3. The molecular weight excluding hydrogens is 473 g/mol. The van der Waals surface area contributed by atoms with Crippen molar-refractivity contribution in [1.82, 2.24) is 4.90 Å². The average molecular weight is 487 g/mol. The molecule has 2 aliphatic heterocycles. The molecule has 0 bridgehead atoms. The molecule has 0 fully saturated rings. The van der Waals surface area contributed by atoms with Crippen LogP contribution in [0.4, 0.5) is 0 Å². The van der Waals surface area contributed by atoms with Crippen LogP contribution in [-0.4, -0.2) is 22.5 Å². The van der Waals surface area contributed by atoms with Gasteiger partial charge in [-0.3, -0.25) is 4.79 Å². The summed E-state index contributed by atoms with van der Waals surface area (Å²) in [5.74, 6) is 0.682. The number of carbonyl (C=O) groups is 1. The number of benzene rings is 2. The molecule has 0 aliphatic carbocycles. The van der Waals surface area contributed by atoms with Crippen LogP contribution in [0.15, 0.2) is 81.4 Å². The minimum absolute atomic E-state index is 0.381. The summed E-state index contributed by atoms with van der Waals surface area (Å²) in [6.07, 6.45) is 8.75. The maximum absolute atomic E-state index is 12.5. The Labute approximate surface area is 186 Å². The normalized spacial score (nSPS) is 16.9. The zero-order valence-corrected chi connectivity index (χ0v) is 18.1. The van der Waals surface area contributed by atoms with Crippen LogP contribution in [0, 0.1) is 0 Å². The maximum atomic E-state index is 12.5. The van der Waals surface area contributed by atoms with Crippen molar-refractivity contribution >= 4 is 62.8 Å². The Kier molecular flexibility index (Phi) is 5.81. The van der Waals surface area contributed by atoms with Crippen LogP contribution in [0.2, 0.25) is 10.0 Å². The summed E-state index contributed by atoms with van der Waals surface area (Å²) in [6, 6.07) is 12.9. The first-order chi connectivity index (χ1) is 14.0. The molecule has 2 aliphatic rings. The fourth-order valence-corrected chi connectivity index (χ4v) is 3.84. The Hall–Kier alpha value is -2.47. The topological polar surface area (TPSA) is 45.0 Å². The van der Waals surface area contributed by atoms with E-state index in [1.807, 2.05) is 47.5 Å². The van der Waals surface area contributed by atoms with Gasteiger partial charge in [0.25, 0.3) is 5.91 Å². The molecule has 0 saturated carbocycles. The lowest BCUT2D eigenvalue weighted by Crippen LogP contribution is -2.24. The zero-order chi connectivity index (χ0) is 20.4. The third-order valence-corrected chi connectivity index (χ3v) is 5.40. The summed E-state index contributed by atoms with van der Waals surface area (Å²) in [7, 11) is 0. The van der Waals surface area contributed by atoms with Crippen molar-refractivity contribution < 1.29 is 4.79 Å². The summed E-state index contributed by atoms with van der Waals surface area (Å²) in [4.78, 5) is 23.4. The molecule has 7 heteroatoms. The third-order valence-electron chi connectivity index (χ3n) is 4.37. The van der Waals surface area contributed by atoms with E-state index in [1.165, 1.54) is 6.08 Å². The Morgan fingerprint density at radius 1 is 1.17 bits per heavy atom. The summed E-state index contributed by atoms with van der Waals surface area (Å²) in [5, 5.41) is 1.00. The highest BCUT2D eigenvalue weighted by atomic mass is 79.9. The standard InChI is InChI=1S/C22H14BrCl2N3O/c23-16-7-9-20-26-22(18-4-2-1-3-15(18)12-28(20)13-16)27-21(29)10-6-14-5-8-17(24)11-19(14)25/h1-11,13H,12H2. The smallest absolute Gasteiger partial charge is 0.271 e. The predicted molar refractivity (Wildman–Crippen MR) is 123 cm³/mol. The van der Waals surface area contributed by atoms with Gasteiger partial charge in [0.1, 0.15) is 5.84 Å². The number of amides is 1. The van der Waals surface area contributed by atoms with E-state index >= 15 is 0 Å². The van der Waals surface area contributed by atoms with Gasteiger partial charge < -0.3 is 4.90 Å². The highest BCUT2D eigenvalue weighted by Crippen LogP contribution is 2.24. The number of hydrogen-bond donors (Lipinski definition) is 0. The largest absolute Gasteiger partial charge is 0.327 e. The van der Waals surface area contributed by atoms with Crippen molar-refractivity contribution in [1.29, 1.82) is 0 Å². The second-order valence-corrected chi connectivity index (χ2v) is 8.13. The lowest BCUT2D eigenvalue weighted by molar-refractivity contribution is -0.113. The molecule has 0 radical (unpaired) electrons. The Bertz CT molecular complexity index is 1150. The van der Waals surface area contributed by atoms with Crippen LogP contribution >= 0.6 is 39.1 Å². The molecule has 0 saturated heterocycles. The van der Waals surface area contributed by atoms with Crippen molar-refractivity contribution in [2.24, 2.45) is 9.98 Å². The summed E-state index contributed by atoms with van der Waals surface area (Å²) < 4.78 is 0.952. The average Bonchev–Trinajstić information content (AvgIpc) is 2.83. The number of aliphatic imine (C=N–C) groups is 2. The van der Waals surface area contributed by atoms with Gasteiger partial charge in [-0.15, -0.1) is 0 Å². The number of hydrogen-bond acceptors (Lipinski definition) is 2. The lowest BCUT2D eigenvalue weighted by Gasteiger charge is -2.21. The van der Waals surface area contributed by atoms with Crippen LogP contribution < -0.4 is 0 Å². The molecule has 29 heavy (non-hydrogen) atoms. The molecular formula is C22H14BrCl2N3O. The zero-order valence-electron chi connectivity index (χ0n) is 15.0. The van der Waals surface area contributed by atoms with Gasteiger partial charge in [0.2, 0.25) is 0 Å². The van der Waals surface area contributed by atoms with Crippen LogP contribution in [-0.2, 0) is 11.3 Å². The van der Waals surface area contributed by atoms with Crippen LogP contribution in [0.1, 0.15) is 16.7 Å². The van der Waals surface area contributed by atoms with Gasteiger partial charge >= 0.3 is 0 Å². The second-order valence-electron chi connectivity index (χ2n) is 6.38. The van der Waals surface area contributed by atoms with Crippen molar-refractivity contribution in [2.75, 3.05) is 0 Å². The van der Waals surface area contributed by atoms with E-state index < -0.39 is 5.91 Å². The van der Waals surface area contributed by atoms with E-state index in [1.54, 1.807) is 24.3 Å². The molecule has 2 heterocycles. The van der Waals surface area contributed by atoms with Gasteiger partial charge in [0.05, 0.1) is 0 Å². The first kappa shape index (κ1) is 19.8. The second kappa shape index (κ2) is 8.49. The first-order valence-electron chi connectivity index (χ1n) is 8.74. The molecule has 0 atom stereocenters. The number of allylic oxidation sites excluding steroid dienone is 2. The van der Waals surface area contributed by atoms with Crippen molar-refractivity contribution in [3.05, 3.63) is 98.1 Å². The molecule has 2 aromatic rings. The number of carbonyl (C=O) groups excluding carboxylic acids is 1. The van der Waals surface area contributed by atoms with Gasteiger partial charge in [-0.2, -0.15) is 4.99 Å². The molecule has 0 unspecified atom stereocenters. The molecule has 2 aromatic carbocycles. The first-order valence-corrected chi connectivity index (χ1v) is 10.3. The van der Waals surface area contributed by atoms with Crippen molar-refractivity contribution in [2.45, 2.75) is 6.54 Å². The monoisotopic (exact) mass is 485 g/mol. The maximum Gasteiger partial charge on any atom is 0.271 e. The molecule has 0 N–H and O–H groups in total. The predicted octanol–water partition coefficient (Wildman–Crippen LogP) is 6.00. The van der Waals surface area contributed by atoms with E-state index in [0.717, 1.165) is 21.4 Å². The van der Waals surface area contributed by atoms with Gasteiger partial charge in [0, 0.05) is 38.9 Å². The fourth-order valence-electron chi connectivity index (χ4n) is 2.99. The lowest BCUT2D eigenvalue weighted by atomic mass is 10.1. The molecule has 0 aromatic heterocycles. The third kappa shape index (κ3) is 4.58. The van der Waals surface area contributed by atoms with E-state index in [0.29, 0.717) is 28.0 Å². The highest BCUT2D eigenvalue weighted by Gasteiger charge is 2.21. The van der Waals surface area contributed by atoms with Crippen molar-refractivity contribution in [3.63, 3.8) is 0 Å². The van der Waals surface area contributed by atoms with E-state index in [2.05, 4.69) is 25.9 Å². The van der Waals surface area contributed by atoms with E-state index in [4.69, 9.17) is 23.2 Å². The molecule has 4 nitrogen and oxygen atoms in total. The van der Waals surface area contributed by atoms with Crippen LogP contribution in [0.5, 0.6) is 0 Å². The van der Waals surface area contributed by atoms with Gasteiger partial charge in [-0.1, -0.05) is 53.5 Å². The van der Waals surface area contributed by atoms with E-state index in [-0.39, 0.29) is 0 Å². The Morgan fingerprint density at radius 3 is 2.83 bits per heavy atom. The van der Waals surface area contributed by atoms with Crippen LogP contribution in [0.3, 0.4) is 0 Å². The van der Waals surface area contributed by atoms with E-state index in [9.17, 15) is 4.79 Å². The number of nitrogens with zero attached hydrogens (tertiary/aromatic N) is 3. The summed E-state index contributed by atoms with van der Waals surface area (Å²) >= 11 is 15.6. The fraction of sp³-hybridized carbons (Fsp3) is 0.0455. The van der Waals surface area contributed by atoms with Crippen molar-refractivity contribution in [3.8, 4) is 0 Å². The minimum Gasteiger partial charge on any atom is -0.327 e. The number of fused-ring (bicyclic) bond motifs is 2. The number of amidine groups is 2. The Morgan fingerprint density at radius 2 is 2.00 bits per heavy atom. The van der Waals surface area contributed by atoms with Gasteiger partial charge in [-0.05, 0) is 57.4 Å². The summed E-state index contributed by atoms with van der Waals surface area (Å²) in [6.45, 7) is 0.637. The molecule has 0 spiro atoms. The quantitative estimate of drug-likeness (QED) is 0.488. The SMILES string of the molecule is O=C(C=Cc1ccc(Cl)cc1Cl)N=C1N=C2C=CC(Br)=CN2Cc2ccccc21. The Balaban J connectivity index is 1.69. The molecule has 4 rings (SSSR count). The molecule has 1 amide bonds. The highest BCUT2D eigenvalue weighted by molar-refractivity contribution is 9.11. The molecule has 144 valence electrons. The van der Waals surface area contributed by atoms with Gasteiger partial charge in [0.15, 0.2) is 5.84 Å². The van der Waals surface area contributed by atoms with Crippen LogP contribution in [0.25, 0.3) is 6.08 Å². The number of rotatable bonds is 2.